The lowest BCUT2D eigenvalue weighted by Gasteiger charge is -2.05. The van der Waals surface area contributed by atoms with Gasteiger partial charge in [-0.25, -0.2) is 4.98 Å². The van der Waals surface area contributed by atoms with Crippen molar-refractivity contribution in [3.63, 3.8) is 0 Å². The second kappa shape index (κ2) is 3.61. The van der Waals surface area contributed by atoms with Gasteiger partial charge >= 0.3 is 0 Å². The van der Waals surface area contributed by atoms with E-state index in [0.29, 0.717) is 5.88 Å². The first-order valence-corrected chi connectivity index (χ1v) is 3.24. The maximum Gasteiger partial charge on any atom is 0.184 e. The summed E-state index contributed by atoms with van der Waals surface area (Å²) < 4.78 is 4.81. The SMILES string of the molecule is C=C(Nc1ccccn1)OC. The minimum Gasteiger partial charge on any atom is -0.483 e. The van der Waals surface area contributed by atoms with Crippen LogP contribution in [0.3, 0.4) is 0 Å². The third kappa shape index (κ3) is 2.29. The molecule has 0 amide bonds. The summed E-state index contributed by atoms with van der Waals surface area (Å²) in [7, 11) is 1.55. The molecule has 0 bridgehead atoms. The summed E-state index contributed by atoms with van der Waals surface area (Å²) >= 11 is 0. The van der Waals surface area contributed by atoms with Gasteiger partial charge in [0.1, 0.15) is 5.82 Å². The molecule has 1 N–H and O–H groups in total. The van der Waals surface area contributed by atoms with Crippen LogP contribution in [0, 0.1) is 0 Å². The number of hydrogen-bond acceptors (Lipinski definition) is 3. The van der Waals surface area contributed by atoms with Crippen molar-refractivity contribution in [2.24, 2.45) is 0 Å². The Morgan fingerprint density at radius 3 is 3.00 bits per heavy atom. The van der Waals surface area contributed by atoms with E-state index in [1.165, 1.54) is 0 Å². The molecule has 0 unspecified atom stereocenters. The molecular weight excluding hydrogens is 140 g/mol. The Balaban J connectivity index is 2.58. The van der Waals surface area contributed by atoms with Gasteiger partial charge in [-0.2, -0.15) is 0 Å². The van der Waals surface area contributed by atoms with E-state index in [0.717, 1.165) is 5.82 Å². The van der Waals surface area contributed by atoms with Gasteiger partial charge in [-0.3, -0.25) is 0 Å². The molecule has 1 aromatic heterocycles. The third-order valence-electron chi connectivity index (χ3n) is 1.18. The number of methoxy groups -OCH3 is 1. The van der Waals surface area contributed by atoms with E-state index in [4.69, 9.17) is 4.74 Å². The second-order valence-electron chi connectivity index (χ2n) is 1.97. The fraction of sp³-hybridized carbons (Fsp3) is 0.125. The summed E-state index contributed by atoms with van der Waals surface area (Å²) in [5.74, 6) is 1.23. The molecule has 0 saturated heterocycles. The van der Waals surface area contributed by atoms with E-state index in [1.54, 1.807) is 13.3 Å². The molecule has 1 aromatic rings. The molecule has 0 aliphatic heterocycles. The topological polar surface area (TPSA) is 34.2 Å². The number of nitrogens with zero attached hydrogens (tertiary/aromatic N) is 1. The standard InChI is InChI=1S/C8H10N2O/c1-7(11-2)10-8-5-3-4-6-9-8/h3-6H,1H2,2H3,(H,9,10). The molecule has 3 heteroatoms. The Morgan fingerprint density at radius 1 is 1.64 bits per heavy atom. The first-order chi connectivity index (χ1) is 5.33. The van der Waals surface area contributed by atoms with E-state index in [9.17, 15) is 0 Å². The quantitative estimate of drug-likeness (QED) is 0.665. The van der Waals surface area contributed by atoms with Gasteiger partial charge in [0.15, 0.2) is 5.88 Å². The second-order valence-corrected chi connectivity index (χ2v) is 1.97. The molecule has 58 valence electrons. The number of anilines is 1. The highest BCUT2D eigenvalue weighted by atomic mass is 16.5. The van der Waals surface area contributed by atoms with Gasteiger partial charge in [-0.1, -0.05) is 6.07 Å². The molecule has 0 radical (unpaired) electrons. The fourth-order valence-corrected chi connectivity index (χ4v) is 0.631. The molecule has 0 saturated carbocycles. The van der Waals surface area contributed by atoms with Crippen LogP contribution >= 0.6 is 0 Å². The largest absolute Gasteiger partial charge is 0.483 e. The van der Waals surface area contributed by atoms with Gasteiger partial charge in [0.25, 0.3) is 0 Å². The number of hydrogen-bond donors (Lipinski definition) is 1. The van der Waals surface area contributed by atoms with Crippen molar-refractivity contribution >= 4 is 5.82 Å². The van der Waals surface area contributed by atoms with E-state index in [-0.39, 0.29) is 0 Å². The van der Waals surface area contributed by atoms with Crippen LogP contribution in [0.1, 0.15) is 0 Å². The molecule has 0 spiro atoms. The maximum atomic E-state index is 4.81. The summed E-state index contributed by atoms with van der Waals surface area (Å²) in [6.07, 6.45) is 1.70. The third-order valence-corrected chi connectivity index (χ3v) is 1.18. The summed E-state index contributed by atoms with van der Waals surface area (Å²) in [4.78, 5) is 4.01. The van der Waals surface area contributed by atoms with Gasteiger partial charge in [0.2, 0.25) is 0 Å². The highest BCUT2D eigenvalue weighted by Gasteiger charge is 1.91. The van der Waals surface area contributed by atoms with Crippen molar-refractivity contribution in [1.82, 2.24) is 4.98 Å². The zero-order valence-corrected chi connectivity index (χ0v) is 6.37. The lowest BCUT2D eigenvalue weighted by atomic mass is 10.5. The van der Waals surface area contributed by atoms with Crippen molar-refractivity contribution in [1.29, 1.82) is 0 Å². The normalized spacial score (nSPS) is 8.82. The van der Waals surface area contributed by atoms with Gasteiger partial charge < -0.3 is 10.1 Å². The summed E-state index contributed by atoms with van der Waals surface area (Å²) in [6.45, 7) is 3.60. The summed E-state index contributed by atoms with van der Waals surface area (Å²) in [5.41, 5.74) is 0. The van der Waals surface area contributed by atoms with Crippen molar-refractivity contribution in [2.45, 2.75) is 0 Å². The van der Waals surface area contributed by atoms with Crippen LogP contribution < -0.4 is 5.32 Å². The molecule has 11 heavy (non-hydrogen) atoms. The molecular formula is C8H10N2O. The average molecular weight is 150 g/mol. The number of rotatable bonds is 3. The Labute approximate surface area is 65.7 Å². The fourth-order valence-electron chi connectivity index (χ4n) is 0.631. The Kier molecular flexibility index (Phi) is 2.49. The summed E-state index contributed by atoms with van der Waals surface area (Å²) in [6, 6.07) is 5.57. The van der Waals surface area contributed by atoms with E-state index >= 15 is 0 Å². The van der Waals surface area contributed by atoms with E-state index in [2.05, 4.69) is 16.9 Å². The molecule has 0 aromatic carbocycles. The molecule has 3 nitrogen and oxygen atoms in total. The number of pyridine rings is 1. The van der Waals surface area contributed by atoms with Crippen molar-refractivity contribution in [3.8, 4) is 0 Å². The Hall–Kier alpha value is -1.51. The van der Waals surface area contributed by atoms with Crippen LogP contribution in [0.4, 0.5) is 5.82 Å². The molecule has 0 atom stereocenters. The number of aromatic nitrogens is 1. The van der Waals surface area contributed by atoms with E-state index in [1.807, 2.05) is 18.2 Å². The maximum absolute atomic E-state index is 4.81. The van der Waals surface area contributed by atoms with Crippen LogP contribution in [0.25, 0.3) is 0 Å². The van der Waals surface area contributed by atoms with Crippen molar-refractivity contribution < 1.29 is 4.74 Å². The predicted molar refractivity (Wildman–Crippen MR) is 44.0 cm³/mol. The van der Waals surface area contributed by atoms with Gasteiger partial charge in [-0.05, 0) is 18.7 Å². The highest BCUT2D eigenvalue weighted by Crippen LogP contribution is 2.02. The van der Waals surface area contributed by atoms with Crippen LogP contribution in [0.2, 0.25) is 0 Å². The Bertz CT molecular complexity index is 233. The van der Waals surface area contributed by atoms with Crippen LogP contribution in [0.15, 0.2) is 36.9 Å². The molecule has 0 fully saturated rings. The smallest absolute Gasteiger partial charge is 0.184 e. The molecule has 0 aliphatic carbocycles. The monoisotopic (exact) mass is 150 g/mol. The molecule has 0 aliphatic rings. The van der Waals surface area contributed by atoms with Crippen LogP contribution in [-0.2, 0) is 4.74 Å². The highest BCUT2D eigenvalue weighted by molar-refractivity contribution is 5.37. The first kappa shape index (κ1) is 7.60. The summed E-state index contributed by atoms with van der Waals surface area (Å²) in [5, 5.41) is 2.86. The lowest BCUT2D eigenvalue weighted by Crippen LogP contribution is -2.00. The number of ether oxygens (including phenoxy) is 1. The lowest BCUT2D eigenvalue weighted by molar-refractivity contribution is 0.299. The van der Waals surface area contributed by atoms with Crippen molar-refractivity contribution in [2.75, 3.05) is 12.4 Å². The minimum absolute atomic E-state index is 0.490. The molecule has 1 rings (SSSR count). The van der Waals surface area contributed by atoms with Crippen molar-refractivity contribution in [3.05, 3.63) is 36.9 Å². The zero-order valence-electron chi connectivity index (χ0n) is 6.37. The average Bonchev–Trinajstić information content (AvgIpc) is 2.06. The van der Waals surface area contributed by atoms with Gasteiger partial charge in [0.05, 0.1) is 7.11 Å². The molecule has 1 heterocycles. The zero-order chi connectivity index (χ0) is 8.10. The minimum atomic E-state index is 0.490. The predicted octanol–water partition coefficient (Wildman–Crippen LogP) is 1.61. The Morgan fingerprint density at radius 2 is 2.45 bits per heavy atom. The van der Waals surface area contributed by atoms with Gasteiger partial charge in [0, 0.05) is 6.20 Å². The van der Waals surface area contributed by atoms with Gasteiger partial charge in [-0.15, -0.1) is 0 Å². The number of nitrogens with one attached hydrogen (secondary N) is 1. The van der Waals surface area contributed by atoms with Crippen LogP contribution in [0.5, 0.6) is 0 Å². The van der Waals surface area contributed by atoms with E-state index < -0.39 is 0 Å². The van der Waals surface area contributed by atoms with Crippen LogP contribution in [-0.4, -0.2) is 12.1 Å². The first-order valence-electron chi connectivity index (χ1n) is 3.24.